The van der Waals surface area contributed by atoms with E-state index >= 15 is 0 Å². The van der Waals surface area contributed by atoms with Gasteiger partial charge < -0.3 is 9.67 Å². The van der Waals surface area contributed by atoms with Crippen molar-refractivity contribution < 1.29 is 18.3 Å². The molecule has 124 valence electrons. The van der Waals surface area contributed by atoms with Crippen molar-refractivity contribution in [3.8, 4) is 0 Å². The zero-order valence-corrected chi connectivity index (χ0v) is 12.6. The lowest BCUT2D eigenvalue weighted by Crippen LogP contribution is -2.14. The molecule has 24 heavy (non-hydrogen) atoms. The van der Waals surface area contributed by atoms with Crippen LogP contribution < -0.4 is 0 Å². The average Bonchev–Trinajstić information content (AvgIpc) is 3.02. The summed E-state index contributed by atoms with van der Waals surface area (Å²) in [4.78, 5) is 4.11. The van der Waals surface area contributed by atoms with E-state index < -0.39 is 17.8 Å². The SMILES string of the molecule is O[C@H](c1ccccc1)c1nccn1Cc1ccccc1C(F)(F)F. The number of hydrogen-bond donors (Lipinski definition) is 1. The van der Waals surface area contributed by atoms with Crippen LogP contribution in [-0.2, 0) is 12.7 Å². The number of hydrogen-bond acceptors (Lipinski definition) is 2. The first-order valence-corrected chi connectivity index (χ1v) is 7.36. The molecule has 0 aliphatic rings. The smallest absolute Gasteiger partial charge is 0.380 e. The first kappa shape index (κ1) is 16.3. The first-order valence-electron chi connectivity index (χ1n) is 7.36. The van der Waals surface area contributed by atoms with Crippen molar-refractivity contribution in [2.45, 2.75) is 18.8 Å². The molecule has 1 aromatic heterocycles. The number of aliphatic hydroxyl groups is 1. The Morgan fingerprint density at radius 1 is 1.00 bits per heavy atom. The van der Waals surface area contributed by atoms with E-state index in [1.165, 1.54) is 22.9 Å². The van der Waals surface area contributed by atoms with Crippen LogP contribution in [-0.4, -0.2) is 14.7 Å². The molecule has 1 heterocycles. The van der Waals surface area contributed by atoms with E-state index in [1.54, 1.807) is 36.5 Å². The van der Waals surface area contributed by atoms with Crippen LogP contribution in [0.4, 0.5) is 13.2 Å². The molecule has 3 aromatic rings. The van der Waals surface area contributed by atoms with Crippen molar-refractivity contribution in [3.63, 3.8) is 0 Å². The van der Waals surface area contributed by atoms with Gasteiger partial charge in [0.25, 0.3) is 0 Å². The van der Waals surface area contributed by atoms with Crippen LogP contribution in [0.1, 0.15) is 28.6 Å². The van der Waals surface area contributed by atoms with Gasteiger partial charge in [-0.3, -0.25) is 0 Å². The fourth-order valence-corrected chi connectivity index (χ4v) is 2.60. The minimum absolute atomic E-state index is 0.0189. The quantitative estimate of drug-likeness (QED) is 0.783. The summed E-state index contributed by atoms with van der Waals surface area (Å²) in [5, 5.41) is 10.5. The second kappa shape index (κ2) is 6.49. The molecule has 6 heteroatoms. The Morgan fingerprint density at radius 3 is 2.38 bits per heavy atom. The number of alkyl halides is 3. The van der Waals surface area contributed by atoms with Gasteiger partial charge in [-0.2, -0.15) is 13.2 Å². The van der Waals surface area contributed by atoms with E-state index in [9.17, 15) is 18.3 Å². The second-order valence-corrected chi connectivity index (χ2v) is 5.38. The molecule has 1 N–H and O–H groups in total. The van der Waals surface area contributed by atoms with Crippen molar-refractivity contribution in [1.29, 1.82) is 0 Å². The highest BCUT2D eigenvalue weighted by atomic mass is 19.4. The van der Waals surface area contributed by atoms with Crippen LogP contribution in [0.2, 0.25) is 0 Å². The van der Waals surface area contributed by atoms with Crippen LogP contribution in [0.5, 0.6) is 0 Å². The molecule has 0 radical (unpaired) electrons. The molecular formula is C18H15F3N2O. The molecule has 0 saturated carbocycles. The van der Waals surface area contributed by atoms with E-state index in [-0.39, 0.29) is 12.1 Å². The van der Waals surface area contributed by atoms with Crippen molar-refractivity contribution in [3.05, 3.63) is 89.5 Å². The number of rotatable bonds is 4. The predicted octanol–water partition coefficient (Wildman–Crippen LogP) is 4.03. The Kier molecular flexibility index (Phi) is 4.40. The zero-order chi connectivity index (χ0) is 17.2. The Bertz CT molecular complexity index is 812. The molecule has 0 aliphatic heterocycles. The fraction of sp³-hybridized carbons (Fsp3) is 0.167. The molecule has 0 bridgehead atoms. The molecule has 3 nitrogen and oxygen atoms in total. The Balaban J connectivity index is 1.93. The maximum absolute atomic E-state index is 13.1. The minimum atomic E-state index is -4.42. The molecule has 3 rings (SSSR count). The monoisotopic (exact) mass is 332 g/mol. The lowest BCUT2D eigenvalue weighted by molar-refractivity contribution is -0.138. The number of nitrogens with zero attached hydrogens (tertiary/aromatic N) is 2. The zero-order valence-electron chi connectivity index (χ0n) is 12.6. The summed E-state index contributed by atoms with van der Waals surface area (Å²) in [5.41, 5.74) is 0.0809. The highest BCUT2D eigenvalue weighted by Crippen LogP contribution is 2.32. The summed E-state index contributed by atoms with van der Waals surface area (Å²) in [5.74, 6) is 0.304. The highest BCUT2D eigenvalue weighted by molar-refractivity contribution is 5.31. The first-order chi connectivity index (χ1) is 11.5. The third-order valence-corrected chi connectivity index (χ3v) is 3.77. The summed E-state index contributed by atoms with van der Waals surface area (Å²) in [6, 6.07) is 14.3. The highest BCUT2D eigenvalue weighted by Gasteiger charge is 2.33. The third kappa shape index (κ3) is 3.33. The van der Waals surface area contributed by atoms with Crippen LogP contribution in [0.15, 0.2) is 67.0 Å². The van der Waals surface area contributed by atoms with E-state index in [4.69, 9.17) is 0 Å². The van der Waals surface area contributed by atoms with E-state index in [1.807, 2.05) is 6.07 Å². The van der Waals surface area contributed by atoms with E-state index in [0.717, 1.165) is 6.07 Å². The third-order valence-electron chi connectivity index (χ3n) is 3.77. The molecule has 0 unspecified atom stereocenters. The number of aliphatic hydroxyl groups excluding tert-OH is 1. The van der Waals surface area contributed by atoms with Crippen molar-refractivity contribution in [1.82, 2.24) is 9.55 Å². The molecule has 1 atom stereocenters. The molecule has 0 fully saturated rings. The summed E-state index contributed by atoms with van der Waals surface area (Å²) < 4.78 is 40.9. The number of imidazole rings is 1. The summed E-state index contributed by atoms with van der Waals surface area (Å²) in [6.07, 6.45) is -2.39. The van der Waals surface area contributed by atoms with Gasteiger partial charge in [-0.1, -0.05) is 48.5 Å². The van der Waals surface area contributed by atoms with Crippen LogP contribution >= 0.6 is 0 Å². The van der Waals surface area contributed by atoms with Crippen molar-refractivity contribution >= 4 is 0 Å². The Labute approximate surface area is 137 Å². The second-order valence-electron chi connectivity index (χ2n) is 5.38. The van der Waals surface area contributed by atoms with Gasteiger partial charge in [0.1, 0.15) is 11.9 Å². The standard InChI is InChI=1S/C18H15F3N2O/c19-18(20,21)15-9-5-4-8-14(15)12-23-11-10-22-17(23)16(24)13-6-2-1-3-7-13/h1-11,16,24H,12H2/t16-/m1/s1. The molecule has 0 aliphatic carbocycles. The van der Waals surface area contributed by atoms with Gasteiger partial charge >= 0.3 is 6.18 Å². The Hall–Kier alpha value is -2.60. The minimum Gasteiger partial charge on any atom is -0.380 e. The summed E-state index contributed by atoms with van der Waals surface area (Å²) >= 11 is 0. The van der Waals surface area contributed by atoms with Gasteiger partial charge in [-0.15, -0.1) is 0 Å². The van der Waals surface area contributed by atoms with E-state index in [2.05, 4.69) is 4.98 Å². The molecule has 0 saturated heterocycles. The molecular weight excluding hydrogens is 317 g/mol. The molecule has 0 amide bonds. The van der Waals surface area contributed by atoms with Gasteiger partial charge in [0.2, 0.25) is 0 Å². The summed E-state index contributed by atoms with van der Waals surface area (Å²) in [7, 11) is 0. The maximum Gasteiger partial charge on any atom is 0.416 e. The lowest BCUT2D eigenvalue weighted by atomic mass is 10.1. The Morgan fingerprint density at radius 2 is 1.67 bits per heavy atom. The van der Waals surface area contributed by atoms with Gasteiger partial charge in [0.05, 0.1) is 5.56 Å². The number of aromatic nitrogens is 2. The topological polar surface area (TPSA) is 38.1 Å². The van der Waals surface area contributed by atoms with Crippen molar-refractivity contribution in [2.75, 3.05) is 0 Å². The summed E-state index contributed by atoms with van der Waals surface area (Å²) in [6.45, 7) is -0.0189. The number of halogens is 3. The number of benzene rings is 2. The predicted molar refractivity (Wildman–Crippen MR) is 83.3 cm³/mol. The van der Waals surface area contributed by atoms with Gasteiger partial charge in [-0.25, -0.2) is 4.98 Å². The largest absolute Gasteiger partial charge is 0.416 e. The van der Waals surface area contributed by atoms with Gasteiger partial charge in [-0.05, 0) is 17.2 Å². The average molecular weight is 332 g/mol. The normalized spacial score (nSPS) is 13.0. The van der Waals surface area contributed by atoms with Gasteiger partial charge in [0.15, 0.2) is 0 Å². The van der Waals surface area contributed by atoms with Crippen LogP contribution in [0.3, 0.4) is 0 Å². The van der Waals surface area contributed by atoms with Crippen LogP contribution in [0, 0.1) is 0 Å². The maximum atomic E-state index is 13.1. The molecule has 2 aromatic carbocycles. The van der Waals surface area contributed by atoms with E-state index in [0.29, 0.717) is 11.4 Å². The fourth-order valence-electron chi connectivity index (χ4n) is 2.60. The van der Waals surface area contributed by atoms with Crippen molar-refractivity contribution in [2.24, 2.45) is 0 Å². The van der Waals surface area contributed by atoms with Gasteiger partial charge in [0, 0.05) is 18.9 Å². The van der Waals surface area contributed by atoms with Crippen LogP contribution in [0.25, 0.3) is 0 Å². The molecule has 0 spiro atoms. The lowest BCUT2D eigenvalue weighted by Gasteiger charge is -2.16.